The Morgan fingerprint density at radius 3 is 2.15 bits per heavy atom. The number of hydrogen-bond donors (Lipinski definition) is 0. The largest absolute Gasteiger partial charge is 0.134 e. The molecule has 1 heterocycles. The van der Waals surface area contributed by atoms with E-state index in [9.17, 15) is 0 Å². The Morgan fingerprint density at radius 2 is 1.35 bits per heavy atom. The predicted molar refractivity (Wildman–Crippen MR) is 89.5 cm³/mol. The van der Waals surface area contributed by atoms with E-state index in [0.717, 1.165) is 0 Å². The minimum absolute atomic E-state index is 1.29. The van der Waals surface area contributed by atoms with Crippen molar-refractivity contribution in [2.24, 2.45) is 0 Å². The van der Waals surface area contributed by atoms with Crippen LogP contribution in [0.4, 0.5) is 0 Å². The zero-order valence-electron chi connectivity index (χ0n) is 11.3. The molecular formula is C19H14S. The van der Waals surface area contributed by atoms with Crippen molar-refractivity contribution in [2.75, 3.05) is 0 Å². The average Bonchev–Trinajstić information content (AvgIpc) is 2.88. The summed E-state index contributed by atoms with van der Waals surface area (Å²) in [5.41, 5.74) is 3.99. The number of aryl methyl sites for hydroxylation is 1. The highest BCUT2D eigenvalue weighted by molar-refractivity contribution is 7.26. The van der Waals surface area contributed by atoms with E-state index in [1.807, 2.05) is 11.3 Å². The van der Waals surface area contributed by atoms with Crippen molar-refractivity contribution >= 4 is 31.5 Å². The lowest BCUT2D eigenvalue weighted by Gasteiger charge is -2.02. The van der Waals surface area contributed by atoms with Gasteiger partial charge in [-0.05, 0) is 23.6 Å². The fourth-order valence-corrected chi connectivity index (χ4v) is 4.11. The van der Waals surface area contributed by atoms with Crippen LogP contribution in [0.1, 0.15) is 5.56 Å². The monoisotopic (exact) mass is 274 g/mol. The molecule has 0 unspecified atom stereocenters. The van der Waals surface area contributed by atoms with Crippen molar-refractivity contribution in [2.45, 2.75) is 6.92 Å². The number of benzene rings is 3. The van der Waals surface area contributed by atoms with E-state index in [0.29, 0.717) is 0 Å². The lowest BCUT2D eigenvalue weighted by atomic mass is 10.0. The molecule has 1 aromatic heterocycles. The third-order valence-corrected chi connectivity index (χ3v) is 5.20. The zero-order valence-corrected chi connectivity index (χ0v) is 12.1. The molecule has 96 valence electrons. The molecule has 0 N–H and O–H groups in total. The maximum atomic E-state index is 2.24. The Hall–Kier alpha value is -2.12. The molecule has 0 saturated heterocycles. The summed E-state index contributed by atoms with van der Waals surface area (Å²) >= 11 is 1.91. The van der Waals surface area contributed by atoms with Crippen LogP contribution in [-0.4, -0.2) is 0 Å². The summed E-state index contributed by atoms with van der Waals surface area (Å²) in [6.45, 7) is 2.19. The van der Waals surface area contributed by atoms with Crippen molar-refractivity contribution < 1.29 is 0 Å². The Labute approximate surface area is 122 Å². The summed E-state index contributed by atoms with van der Waals surface area (Å²) in [5, 5.41) is 2.75. The molecular weight excluding hydrogens is 260 g/mol. The van der Waals surface area contributed by atoms with Crippen molar-refractivity contribution in [1.29, 1.82) is 0 Å². The van der Waals surface area contributed by atoms with Crippen LogP contribution in [0.5, 0.6) is 0 Å². The smallest absolute Gasteiger partial charge is 0.0433 e. The quantitative estimate of drug-likeness (QED) is 0.397. The second kappa shape index (κ2) is 4.46. The van der Waals surface area contributed by atoms with Gasteiger partial charge in [0.25, 0.3) is 0 Å². The molecule has 4 rings (SSSR count). The molecule has 0 fully saturated rings. The zero-order chi connectivity index (χ0) is 13.5. The van der Waals surface area contributed by atoms with Crippen LogP contribution in [-0.2, 0) is 0 Å². The van der Waals surface area contributed by atoms with Gasteiger partial charge < -0.3 is 0 Å². The van der Waals surface area contributed by atoms with Gasteiger partial charge in [-0.15, -0.1) is 11.3 Å². The number of hydrogen-bond acceptors (Lipinski definition) is 1. The molecule has 1 heteroatoms. The van der Waals surface area contributed by atoms with Crippen molar-refractivity contribution in [3.05, 3.63) is 72.3 Å². The van der Waals surface area contributed by atoms with Crippen LogP contribution in [0, 0.1) is 6.92 Å². The molecule has 0 radical (unpaired) electrons. The van der Waals surface area contributed by atoms with Gasteiger partial charge in [-0.1, -0.05) is 66.7 Å². The molecule has 3 aromatic carbocycles. The number of rotatable bonds is 1. The van der Waals surface area contributed by atoms with E-state index in [1.54, 1.807) is 0 Å². The van der Waals surface area contributed by atoms with Crippen LogP contribution in [0.2, 0.25) is 0 Å². The van der Waals surface area contributed by atoms with E-state index in [1.165, 1.54) is 36.9 Å². The highest BCUT2D eigenvalue weighted by atomic mass is 32.1. The maximum Gasteiger partial charge on any atom is 0.0433 e. The third kappa shape index (κ3) is 1.67. The van der Waals surface area contributed by atoms with Crippen molar-refractivity contribution in [1.82, 2.24) is 0 Å². The molecule has 0 aliphatic heterocycles. The SMILES string of the molecule is Cc1cccc2c1sc1c(-c3ccccc3)cccc12. The molecule has 0 spiro atoms. The molecule has 0 atom stereocenters. The highest BCUT2D eigenvalue weighted by Crippen LogP contribution is 2.40. The van der Waals surface area contributed by atoms with Gasteiger partial charge in [-0.25, -0.2) is 0 Å². The summed E-state index contributed by atoms with van der Waals surface area (Å²) in [6, 6.07) is 23.9. The average molecular weight is 274 g/mol. The molecule has 0 aliphatic rings. The van der Waals surface area contributed by atoms with Crippen LogP contribution < -0.4 is 0 Å². The second-order valence-corrected chi connectivity index (χ2v) is 6.12. The maximum absolute atomic E-state index is 2.24. The Morgan fingerprint density at radius 1 is 0.650 bits per heavy atom. The van der Waals surface area contributed by atoms with E-state index in [4.69, 9.17) is 0 Å². The summed E-state index contributed by atoms with van der Waals surface area (Å²) in [5.74, 6) is 0. The summed E-state index contributed by atoms with van der Waals surface area (Å²) in [4.78, 5) is 0. The first-order valence-electron chi connectivity index (χ1n) is 6.81. The minimum atomic E-state index is 1.29. The number of fused-ring (bicyclic) bond motifs is 3. The minimum Gasteiger partial charge on any atom is -0.134 e. The molecule has 0 saturated carbocycles. The first-order valence-corrected chi connectivity index (χ1v) is 7.62. The van der Waals surface area contributed by atoms with E-state index >= 15 is 0 Å². The second-order valence-electron chi connectivity index (χ2n) is 5.10. The normalized spacial score (nSPS) is 11.2. The van der Waals surface area contributed by atoms with Crippen LogP contribution in [0.25, 0.3) is 31.3 Å². The lowest BCUT2D eigenvalue weighted by Crippen LogP contribution is -1.76. The molecule has 20 heavy (non-hydrogen) atoms. The predicted octanol–water partition coefficient (Wildman–Crippen LogP) is 6.03. The Kier molecular flexibility index (Phi) is 2.61. The van der Waals surface area contributed by atoms with Gasteiger partial charge in [-0.2, -0.15) is 0 Å². The van der Waals surface area contributed by atoms with E-state index in [-0.39, 0.29) is 0 Å². The first kappa shape index (κ1) is 11.7. The van der Waals surface area contributed by atoms with E-state index < -0.39 is 0 Å². The van der Waals surface area contributed by atoms with Gasteiger partial charge in [0, 0.05) is 20.2 Å². The van der Waals surface area contributed by atoms with Crippen LogP contribution in [0.15, 0.2) is 66.7 Å². The van der Waals surface area contributed by atoms with Gasteiger partial charge in [-0.3, -0.25) is 0 Å². The summed E-state index contributed by atoms with van der Waals surface area (Å²) in [6.07, 6.45) is 0. The van der Waals surface area contributed by atoms with Crippen LogP contribution in [0.3, 0.4) is 0 Å². The fourth-order valence-electron chi connectivity index (χ4n) is 2.81. The molecule has 0 bridgehead atoms. The van der Waals surface area contributed by atoms with E-state index in [2.05, 4.69) is 73.7 Å². The fraction of sp³-hybridized carbons (Fsp3) is 0.0526. The van der Waals surface area contributed by atoms with Gasteiger partial charge in [0.1, 0.15) is 0 Å². The van der Waals surface area contributed by atoms with Crippen molar-refractivity contribution in [3.63, 3.8) is 0 Å². The van der Waals surface area contributed by atoms with Crippen molar-refractivity contribution in [3.8, 4) is 11.1 Å². The Balaban J connectivity index is 2.14. The number of thiophene rings is 1. The van der Waals surface area contributed by atoms with Crippen LogP contribution >= 0.6 is 11.3 Å². The lowest BCUT2D eigenvalue weighted by molar-refractivity contribution is 1.56. The molecule has 0 nitrogen and oxygen atoms in total. The molecule has 4 aromatic rings. The van der Waals surface area contributed by atoms with Gasteiger partial charge in [0.2, 0.25) is 0 Å². The summed E-state index contributed by atoms with van der Waals surface area (Å²) < 4.78 is 2.80. The van der Waals surface area contributed by atoms with Gasteiger partial charge in [0.05, 0.1) is 0 Å². The molecule has 0 aliphatic carbocycles. The topological polar surface area (TPSA) is 0 Å². The third-order valence-electron chi connectivity index (χ3n) is 3.81. The summed E-state index contributed by atoms with van der Waals surface area (Å²) in [7, 11) is 0. The molecule has 0 amide bonds. The standard InChI is InChI=1S/C19H14S/c1-13-7-5-11-16-17-12-6-10-15(19(17)20-18(13)16)14-8-3-2-4-9-14/h2-12H,1H3. The van der Waals surface area contributed by atoms with Gasteiger partial charge in [0.15, 0.2) is 0 Å². The Bertz CT molecular complexity index is 901. The highest BCUT2D eigenvalue weighted by Gasteiger charge is 2.10. The first-order chi connectivity index (χ1) is 9.84. The van der Waals surface area contributed by atoms with Gasteiger partial charge >= 0.3 is 0 Å².